The Labute approximate surface area is 78.8 Å². The van der Waals surface area contributed by atoms with Crippen LogP contribution in [0.25, 0.3) is 0 Å². The average Bonchev–Trinajstić information content (AvgIpc) is 2.21. The van der Waals surface area contributed by atoms with Crippen LogP contribution in [0.15, 0.2) is 30.3 Å². The fourth-order valence-corrected chi connectivity index (χ4v) is 1.37. The van der Waals surface area contributed by atoms with Crippen molar-refractivity contribution in [1.29, 1.82) is 0 Å². The molecule has 1 aromatic rings. The van der Waals surface area contributed by atoms with Crippen molar-refractivity contribution in [2.45, 2.75) is 19.4 Å². The van der Waals surface area contributed by atoms with E-state index in [9.17, 15) is 5.11 Å². The Bertz CT molecular complexity index is 229. The van der Waals surface area contributed by atoms with Crippen LogP contribution in [0.1, 0.15) is 25.0 Å². The summed E-state index contributed by atoms with van der Waals surface area (Å²) in [5.41, 5.74) is 0.878. The smallest absolute Gasteiger partial charge is 0.0840 e. The molecule has 0 bridgehead atoms. The molecule has 0 aromatic heterocycles. The van der Waals surface area contributed by atoms with E-state index >= 15 is 0 Å². The first kappa shape index (κ1) is 10.2. The highest BCUT2D eigenvalue weighted by molar-refractivity contribution is 5.17. The van der Waals surface area contributed by atoms with Crippen molar-refractivity contribution in [3.63, 3.8) is 0 Å². The second-order valence-electron chi connectivity index (χ2n) is 3.21. The van der Waals surface area contributed by atoms with Gasteiger partial charge in [0, 0.05) is 12.5 Å². The van der Waals surface area contributed by atoms with Crippen LogP contribution in [0.2, 0.25) is 0 Å². The number of hydrogen-bond donors (Lipinski definition) is 2. The second kappa shape index (κ2) is 5.00. The summed E-state index contributed by atoms with van der Waals surface area (Å²) >= 11 is 0. The van der Waals surface area contributed by atoms with Crippen molar-refractivity contribution >= 4 is 0 Å². The fourth-order valence-electron chi connectivity index (χ4n) is 1.37. The summed E-state index contributed by atoms with van der Waals surface area (Å²) in [7, 11) is 0. The van der Waals surface area contributed by atoms with E-state index in [4.69, 9.17) is 5.11 Å². The van der Waals surface area contributed by atoms with Gasteiger partial charge in [-0.3, -0.25) is 0 Å². The molecule has 2 unspecified atom stereocenters. The number of hydrogen-bond acceptors (Lipinski definition) is 2. The summed E-state index contributed by atoms with van der Waals surface area (Å²) in [5.74, 6) is -0.0533. The lowest BCUT2D eigenvalue weighted by molar-refractivity contribution is 0.0647. The van der Waals surface area contributed by atoms with E-state index in [0.29, 0.717) is 0 Å². The molecule has 0 radical (unpaired) electrons. The fraction of sp³-hybridized carbons (Fsp3) is 0.455. The maximum Gasteiger partial charge on any atom is 0.0840 e. The molecule has 0 amide bonds. The maximum atomic E-state index is 9.82. The zero-order chi connectivity index (χ0) is 9.68. The largest absolute Gasteiger partial charge is 0.396 e. The van der Waals surface area contributed by atoms with Crippen LogP contribution in [-0.4, -0.2) is 16.8 Å². The van der Waals surface area contributed by atoms with Gasteiger partial charge in [-0.2, -0.15) is 0 Å². The van der Waals surface area contributed by atoms with E-state index in [1.54, 1.807) is 0 Å². The molecule has 0 saturated carbocycles. The van der Waals surface area contributed by atoms with Crippen molar-refractivity contribution < 1.29 is 10.2 Å². The molecule has 72 valence electrons. The maximum absolute atomic E-state index is 9.82. The van der Waals surface area contributed by atoms with Gasteiger partial charge < -0.3 is 10.2 Å². The highest BCUT2D eigenvalue weighted by atomic mass is 16.3. The first-order chi connectivity index (χ1) is 6.29. The molecule has 0 saturated heterocycles. The molecule has 1 aromatic carbocycles. The van der Waals surface area contributed by atoms with Crippen LogP contribution in [-0.2, 0) is 0 Å². The quantitative estimate of drug-likeness (QED) is 0.741. The van der Waals surface area contributed by atoms with Crippen LogP contribution in [0, 0.1) is 5.92 Å². The van der Waals surface area contributed by atoms with Crippen LogP contribution in [0.5, 0.6) is 0 Å². The Kier molecular flexibility index (Phi) is 3.93. The third kappa shape index (κ3) is 2.54. The minimum atomic E-state index is -0.545. The first-order valence-corrected chi connectivity index (χ1v) is 4.63. The minimum Gasteiger partial charge on any atom is -0.396 e. The van der Waals surface area contributed by atoms with Gasteiger partial charge >= 0.3 is 0 Å². The minimum absolute atomic E-state index is 0.0343. The van der Waals surface area contributed by atoms with E-state index in [0.717, 1.165) is 12.0 Å². The number of rotatable bonds is 4. The molecule has 0 fully saturated rings. The van der Waals surface area contributed by atoms with Gasteiger partial charge in [-0.1, -0.05) is 37.3 Å². The zero-order valence-electron chi connectivity index (χ0n) is 7.85. The SMILES string of the molecule is CCC(CO)C(O)c1ccccc1. The Balaban J connectivity index is 2.72. The van der Waals surface area contributed by atoms with Crippen molar-refractivity contribution in [3.05, 3.63) is 35.9 Å². The third-order valence-electron chi connectivity index (χ3n) is 2.35. The Hall–Kier alpha value is -0.860. The average molecular weight is 180 g/mol. The molecular weight excluding hydrogens is 164 g/mol. The number of aliphatic hydroxyl groups excluding tert-OH is 2. The highest BCUT2D eigenvalue weighted by Crippen LogP contribution is 2.23. The van der Waals surface area contributed by atoms with E-state index in [1.807, 2.05) is 37.3 Å². The molecule has 0 spiro atoms. The molecule has 1 rings (SSSR count). The first-order valence-electron chi connectivity index (χ1n) is 4.63. The zero-order valence-corrected chi connectivity index (χ0v) is 7.85. The lowest BCUT2D eigenvalue weighted by Crippen LogP contribution is -2.15. The summed E-state index contributed by atoms with van der Waals surface area (Å²) < 4.78 is 0. The summed E-state index contributed by atoms with van der Waals surface area (Å²) in [5, 5.41) is 18.8. The van der Waals surface area contributed by atoms with Gasteiger partial charge in [-0.25, -0.2) is 0 Å². The summed E-state index contributed by atoms with van der Waals surface area (Å²) in [4.78, 5) is 0. The highest BCUT2D eigenvalue weighted by Gasteiger charge is 2.17. The molecule has 0 heterocycles. The predicted octanol–water partition coefficient (Wildman–Crippen LogP) is 1.74. The van der Waals surface area contributed by atoms with Gasteiger partial charge in [-0.15, -0.1) is 0 Å². The van der Waals surface area contributed by atoms with E-state index in [2.05, 4.69) is 0 Å². The molecule has 13 heavy (non-hydrogen) atoms. The monoisotopic (exact) mass is 180 g/mol. The van der Waals surface area contributed by atoms with Crippen LogP contribution < -0.4 is 0 Å². The number of benzene rings is 1. The lowest BCUT2D eigenvalue weighted by Gasteiger charge is -2.19. The van der Waals surface area contributed by atoms with E-state index in [1.165, 1.54) is 0 Å². The van der Waals surface area contributed by atoms with Crippen molar-refractivity contribution in [3.8, 4) is 0 Å². The summed E-state index contributed by atoms with van der Waals surface area (Å²) in [6, 6.07) is 9.45. The van der Waals surface area contributed by atoms with Crippen molar-refractivity contribution in [2.75, 3.05) is 6.61 Å². The standard InChI is InChI=1S/C11H16O2/c1-2-9(8-12)11(13)10-6-4-3-5-7-10/h3-7,9,11-13H,2,8H2,1H3. The van der Waals surface area contributed by atoms with Gasteiger partial charge in [0.1, 0.15) is 0 Å². The van der Waals surface area contributed by atoms with Gasteiger partial charge in [0.25, 0.3) is 0 Å². The summed E-state index contributed by atoms with van der Waals surface area (Å²) in [6.45, 7) is 2.00. The van der Waals surface area contributed by atoms with Gasteiger partial charge in [-0.05, 0) is 12.0 Å². The summed E-state index contributed by atoms with van der Waals surface area (Å²) in [6.07, 6.45) is 0.239. The molecule has 2 nitrogen and oxygen atoms in total. The van der Waals surface area contributed by atoms with Crippen LogP contribution in [0.3, 0.4) is 0 Å². The lowest BCUT2D eigenvalue weighted by atomic mass is 9.94. The number of aliphatic hydroxyl groups is 2. The molecular formula is C11H16O2. The molecule has 2 atom stereocenters. The second-order valence-corrected chi connectivity index (χ2v) is 3.21. The van der Waals surface area contributed by atoms with Gasteiger partial charge in [0.05, 0.1) is 6.10 Å². The topological polar surface area (TPSA) is 40.5 Å². The van der Waals surface area contributed by atoms with Crippen LogP contribution >= 0.6 is 0 Å². The van der Waals surface area contributed by atoms with Gasteiger partial charge in [0.2, 0.25) is 0 Å². The van der Waals surface area contributed by atoms with Crippen molar-refractivity contribution in [2.24, 2.45) is 5.92 Å². The third-order valence-corrected chi connectivity index (χ3v) is 2.35. The van der Waals surface area contributed by atoms with Crippen LogP contribution in [0.4, 0.5) is 0 Å². The van der Waals surface area contributed by atoms with E-state index in [-0.39, 0.29) is 12.5 Å². The van der Waals surface area contributed by atoms with Crippen molar-refractivity contribution in [1.82, 2.24) is 0 Å². The molecule has 0 aliphatic carbocycles. The molecule has 2 N–H and O–H groups in total. The Morgan fingerprint density at radius 2 is 1.85 bits per heavy atom. The Morgan fingerprint density at radius 3 is 2.31 bits per heavy atom. The van der Waals surface area contributed by atoms with Gasteiger partial charge in [0.15, 0.2) is 0 Å². The molecule has 0 aliphatic rings. The predicted molar refractivity (Wildman–Crippen MR) is 52.3 cm³/mol. The molecule has 2 heteroatoms. The molecule has 0 aliphatic heterocycles. The van der Waals surface area contributed by atoms with E-state index < -0.39 is 6.10 Å². The normalized spacial score (nSPS) is 15.3. The Morgan fingerprint density at radius 1 is 1.23 bits per heavy atom.